The fraction of sp³-hybridized carbons (Fsp3) is 0.391. The highest BCUT2D eigenvalue weighted by molar-refractivity contribution is 6.82. The Morgan fingerprint density at radius 2 is 1.31 bits per heavy atom. The van der Waals surface area contributed by atoms with Gasteiger partial charge in [0.05, 0.1) is 5.56 Å². The fourth-order valence-electron chi connectivity index (χ4n) is 5.35. The van der Waals surface area contributed by atoms with Crippen molar-refractivity contribution < 1.29 is 17.6 Å². The fourth-order valence-corrected chi connectivity index (χ4v) is 12.0. The van der Waals surface area contributed by atoms with Crippen molar-refractivity contribution in [3.05, 3.63) is 59.8 Å². The summed E-state index contributed by atoms with van der Waals surface area (Å²) in [5.74, 6) is -5.77. The quantitative estimate of drug-likeness (QED) is 0.171. The summed E-state index contributed by atoms with van der Waals surface area (Å²) in [6.07, 6.45) is 1.76. The lowest BCUT2D eigenvalue weighted by atomic mass is 10.0. The second kappa shape index (κ2) is 7.63. The normalized spacial score (nSPS) is 12.7. The highest BCUT2D eigenvalue weighted by atomic mass is 28.3. The lowest BCUT2D eigenvalue weighted by Gasteiger charge is -2.44. The molecule has 1 heterocycles. The van der Waals surface area contributed by atoms with Crippen LogP contribution in [0.2, 0.25) is 16.6 Å². The second-order valence-electron chi connectivity index (χ2n) is 8.62. The van der Waals surface area contributed by atoms with Crippen LogP contribution in [0.15, 0.2) is 36.5 Å². The van der Waals surface area contributed by atoms with Gasteiger partial charge >= 0.3 is 0 Å². The van der Waals surface area contributed by atoms with E-state index in [0.717, 1.165) is 5.52 Å². The first-order valence-corrected chi connectivity index (χ1v) is 12.2. The summed E-state index contributed by atoms with van der Waals surface area (Å²) < 4.78 is 59.0. The number of aromatic nitrogens is 1. The molecule has 0 aliphatic rings. The molecule has 0 fully saturated rings. The van der Waals surface area contributed by atoms with Crippen LogP contribution < -0.4 is 0 Å². The molecule has 0 unspecified atom stereocenters. The van der Waals surface area contributed by atoms with E-state index in [1.807, 2.05) is 12.1 Å². The summed E-state index contributed by atoms with van der Waals surface area (Å²) in [6, 6.07) is 7.80. The Labute approximate surface area is 170 Å². The second-order valence-corrected chi connectivity index (χ2v) is 14.3. The number of nitrogens with zero attached hydrogens (tertiary/aromatic N) is 1. The maximum atomic E-state index is 14.7. The molecule has 0 saturated carbocycles. The van der Waals surface area contributed by atoms with Gasteiger partial charge in [0, 0.05) is 28.7 Å². The molecule has 1 aromatic heterocycles. The summed E-state index contributed by atoms with van der Waals surface area (Å²) in [4.78, 5) is 0. The van der Waals surface area contributed by atoms with E-state index in [-0.39, 0.29) is 5.56 Å². The van der Waals surface area contributed by atoms with Gasteiger partial charge in [-0.1, -0.05) is 59.7 Å². The lowest BCUT2D eigenvalue weighted by Crippen LogP contribution is -2.51. The van der Waals surface area contributed by atoms with Crippen LogP contribution in [0.1, 0.15) is 41.5 Å². The summed E-state index contributed by atoms with van der Waals surface area (Å²) in [5.41, 5.74) is 1.67. The molecule has 0 atom stereocenters. The zero-order valence-corrected chi connectivity index (χ0v) is 18.7. The molecule has 29 heavy (non-hydrogen) atoms. The minimum atomic E-state index is -2.24. The van der Waals surface area contributed by atoms with Crippen LogP contribution in [0.4, 0.5) is 17.6 Å². The van der Waals surface area contributed by atoms with Crippen molar-refractivity contribution in [3.8, 4) is 11.1 Å². The van der Waals surface area contributed by atoms with E-state index in [9.17, 15) is 17.6 Å². The molecule has 6 heteroatoms. The Morgan fingerprint density at radius 3 is 1.86 bits per heavy atom. The maximum absolute atomic E-state index is 14.7. The third-order valence-electron chi connectivity index (χ3n) is 6.29. The van der Waals surface area contributed by atoms with Gasteiger partial charge in [0.25, 0.3) is 0 Å². The van der Waals surface area contributed by atoms with Crippen LogP contribution in [0.3, 0.4) is 0 Å². The zero-order chi connectivity index (χ0) is 21.7. The van der Waals surface area contributed by atoms with Crippen molar-refractivity contribution in [1.82, 2.24) is 4.23 Å². The number of fused-ring (bicyclic) bond motifs is 1. The summed E-state index contributed by atoms with van der Waals surface area (Å²) in [6.45, 7) is 13.2. The lowest BCUT2D eigenvalue weighted by molar-refractivity contribution is 0.437. The van der Waals surface area contributed by atoms with Crippen LogP contribution in [0.25, 0.3) is 22.0 Å². The number of para-hydroxylation sites is 1. The molecule has 2 aromatic carbocycles. The third-order valence-corrected chi connectivity index (χ3v) is 13.0. The van der Waals surface area contributed by atoms with Crippen LogP contribution in [-0.2, 0) is 0 Å². The molecular formula is C23H27F4NSi. The smallest absolute Gasteiger partial charge is 0.195 e. The number of halogens is 4. The molecule has 0 radical (unpaired) electrons. The average molecular weight is 422 g/mol. The highest BCUT2D eigenvalue weighted by Gasteiger charge is 2.46. The molecule has 0 aliphatic heterocycles. The summed E-state index contributed by atoms with van der Waals surface area (Å²) >= 11 is 0. The van der Waals surface area contributed by atoms with Gasteiger partial charge in [0.15, 0.2) is 25.7 Å². The number of rotatable bonds is 5. The monoisotopic (exact) mass is 421 g/mol. The van der Waals surface area contributed by atoms with Gasteiger partial charge in [-0.2, -0.15) is 0 Å². The maximum Gasteiger partial charge on any atom is 0.195 e. The molecule has 3 rings (SSSR count). The van der Waals surface area contributed by atoms with Gasteiger partial charge in [0.1, 0.15) is 5.82 Å². The van der Waals surface area contributed by atoms with Gasteiger partial charge in [-0.3, -0.25) is 0 Å². The van der Waals surface area contributed by atoms with Gasteiger partial charge in [-0.05, 0) is 22.7 Å². The zero-order valence-electron chi connectivity index (χ0n) is 17.7. The molecule has 1 nitrogen and oxygen atoms in total. The Kier molecular flexibility index (Phi) is 5.69. The van der Waals surface area contributed by atoms with E-state index in [1.54, 1.807) is 18.3 Å². The Hall–Kier alpha value is -2.08. The van der Waals surface area contributed by atoms with Crippen molar-refractivity contribution in [2.45, 2.75) is 58.2 Å². The predicted molar refractivity (Wildman–Crippen MR) is 114 cm³/mol. The molecule has 156 valence electrons. The summed E-state index contributed by atoms with van der Waals surface area (Å²) in [5, 5.41) is 0.634. The van der Waals surface area contributed by atoms with Gasteiger partial charge < -0.3 is 4.23 Å². The first-order valence-electron chi connectivity index (χ1n) is 9.98. The van der Waals surface area contributed by atoms with Gasteiger partial charge in [-0.15, -0.1) is 0 Å². The van der Waals surface area contributed by atoms with E-state index in [1.165, 1.54) is 0 Å². The molecular weight excluding hydrogens is 394 g/mol. The number of benzene rings is 2. The van der Waals surface area contributed by atoms with E-state index in [2.05, 4.69) is 45.8 Å². The molecule has 0 bridgehead atoms. The van der Waals surface area contributed by atoms with Crippen molar-refractivity contribution in [3.63, 3.8) is 0 Å². The average Bonchev–Trinajstić information content (AvgIpc) is 2.99. The first kappa shape index (κ1) is 21.6. The molecule has 0 N–H and O–H groups in total. The van der Waals surface area contributed by atoms with E-state index in [0.29, 0.717) is 28.1 Å². The van der Waals surface area contributed by atoms with Gasteiger partial charge in [-0.25, -0.2) is 17.6 Å². The molecule has 3 aromatic rings. The number of hydrogen-bond acceptors (Lipinski definition) is 0. The minimum absolute atomic E-state index is 0.258. The van der Waals surface area contributed by atoms with Crippen molar-refractivity contribution in [1.29, 1.82) is 0 Å². The molecule has 0 spiro atoms. The largest absolute Gasteiger partial charge is 0.373 e. The van der Waals surface area contributed by atoms with Crippen molar-refractivity contribution >= 4 is 19.1 Å². The van der Waals surface area contributed by atoms with Crippen LogP contribution in [-0.4, -0.2) is 12.5 Å². The van der Waals surface area contributed by atoms with Crippen LogP contribution >= 0.6 is 0 Å². The Bertz CT molecular complexity index is 1030. The van der Waals surface area contributed by atoms with Crippen LogP contribution in [0, 0.1) is 23.3 Å². The molecule has 0 saturated heterocycles. The third kappa shape index (κ3) is 3.12. The SMILES string of the molecule is CC(C)[Si](C(C)C)(C(C)C)n1cc(-c2c(F)cc(F)c(F)c2F)c2ccccc21. The Morgan fingerprint density at radius 1 is 0.759 bits per heavy atom. The predicted octanol–water partition coefficient (Wildman–Crippen LogP) is 7.89. The van der Waals surface area contributed by atoms with Crippen LogP contribution in [0.5, 0.6) is 0 Å². The molecule has 0 amide bonds. The number of hydrogen-bond donors (Lipinski definition) is 0. The molecule has 0 aliphatic carbocycles. The standard InChI is InChI=1S/C23H27F4NSi/c1-13(2)29(14(3)4,15(5)6)28-12-17(16-9-7-8-10-20(16)28)21-18(24)11-19(25)22(26)23(21)27/h7-15H,1-6H3. The first-order chi connectivity index (χ1) is 13.5. The van der Waals surface area contributed by atoms with Crippen molar-refractivity contribution in [2.75, 3.05) is 0 Å². The van der Waals surface area contributed by atoms with Crippen molar-refractivity contribution in [2.24, 2.45) is 0 Å². The Balaban J connectivity index is 2.46. The minimum Gasteiger partial charge on any atom is -0.373 e. The van der Waals surface area contributed by atoms with E-state index >= 15 is 0 Å². The summed E-state index contributed by atoms with van der Waals surface area (Å²) in [7, 11) is -2.24. The van der Waals surface area contributed by atoms with Gasteiger partial charge in [0.2, 0.25) is 0 Å². The van der Waals surface area contributed by atoms with E-state index in [4.69, 9.17) is 0 Å². The highest BCUT2D eigenvalue weighted by Crippen LogP contribution is 2.46. The van der Waals surface area contributed by atoms with E-state index < -0.39 is 37.1 Å². The topological polar surface area (TPSA) is 4.93 Å².